The van der Waals surface area contributed by atoms with Gasteiger partial charge in [-0.15, -0.1) is 0 Å². The van der Waals surface area contributed by atoms with Crippen molar-refractivity contribution in [2.24, 2.45) is 0 Å². The molecule has 6 heteroatoms. The van der Waals surface area contributed by atoms with E-state index in [4.69, 9.17) is 4.74 Å². The highest BCUT2D eigenvalue weighted by atomic mass is 16.6. The summed E-state index contributed by atoms with van der Waals surface area (Å²) in [5, 5.41) is 18.9. The lowest BCUT2D eigenvalue weighted by atomic mass is 10.2. The van der Waals surface area contributed by atoms with Gasteiger partial charge in [0.05, 0.1) is 0 Å². The summed E-state index contributed by atoms with van der Waals surface area (Å²) in [4.78, 5) is 11.4. The first-order valence-electron chi connectivity index (χ1n) is 4.81. The van der Waals surface area contributed by atoms with Gasteiger partial charge in [0.25, 0.3) is 0 Å². The van der Waals surface area contributed by atoms with Crippen LogP contribution in [0.3, 0.4) is 0 Å². The molecule has 1 rings (SSSR count). The molecule has 1 aromatic rings. The SMILES string of the molecule is Cc1cc(O)n(NC(=O)OC(C)(C)C)c1O. The summed E-state index contributed by atoms with van der Waals surface area (Å²) in [6.45, 7) is 6.75. The first-order chi connectivity index (χ1) is 7.20. The summed E-state index contributed by atoms with van der Waals surface area (Å²) in [5.74, 6) is -0.496. The number of aromatic hydroxyl groups is 2. The summed E-state index contributed by atoms with van der Waals surface area (Å²) in [5.41, 5.74) is 2.02. The van der Waals surface area contributed by atoms with Crippen LogP contribution in [0.5, 0.6) is 11.8 Å². The molecule has 0 saturated heterocycles. The average molecular weight is 228 g/mol. The summed E-state index contributed by atoms with van der Waals surface area (Å²) in [6.07, 6.45) is -0.756. The molecular weight excluding hydrogens is 212 g/mol. The van der Waals surface area contributed by atoms with E-state index in [-0.39, 0.29) is 11.8 Å². The molecule has 0 aromatic carbocycles. The molecule has 0 aliphatic carbocycles. The number of nitrogens with zero attached hydrogens (tertiary/aromatic N) is 1. The third-order valence-corrected chi connectivity index (χ3v) is 1.74. The minimum Gasteiger partial charge on any atom is -0.493 e. The first-order valence-corrected chi connectivity index (χ1v) is 4.81. The van der Waals surface area contributed by atoms with Crippen molar-refractivity contribution < 1.29 is 19.7 Å². The third-order valence-electron chi connectivity index (χ3n) is 1.74. The molecular formula is C10H16N2O4. The molecule has 16 heavy (non-hydrogen) atoms. The van der Waals surface area contributed by atoms with Gasteiger partial charge in [-0.25, -0.2) is 10.2 Å². The molecule has 0 atom stereocenters. The van der Waals surface area contributed by atoms with Crippen LogP contribution in [-0.2, 0) is 4.74 Å². The summed E-state index contributed by atoms with van der Waals surface area (Å²) < 4.78 is 5.82. The van der Waals surface area contributed by atoms with Gasteiger partial charge in [0.15, 0.2) is 0 Å². The molecule has 0 unspecified atom stereocenters. The van der Waals surface area contributed by atoms with Gasteiger partial charge in [0.2, 0.25) is 11.8 Å². The van der Waals surface area contributed by atoms with Crippen LogP contribution in [0.25, 0.3) is 0 Å². The predicted octanol–water partition coefficient (Wildman–Crippen LogP) is 1.69. The molecule has 0 aliphatic rings. The van der Waals surface area contributed by atoms with Crippen molar-refractivity contribution in [1.29, 1.82) is 0 Å². The number of aryl methyl sites for hydroxylation is 1. The Balaban J connectivity index is 2.78. The molecule has 0 fully saturated rings. The Hall–Kier alpha value is -1.85. The Morgan fingerprint density at radius 1 is 1.44 bits per heavy atom. The average Bonchev–Trinajstić information content (AvgIpc) is 2.29. The summed E-state index contributed by atoms with van der Waals surface area (Å²) in [7, 11) is 0. The highest BCUT2D eigenvalue weighted by molar-refractivity contribution is 5.77. The molecule has 3 N–H and O–H groups in total. The second-order valence-corrected chi connectivity index (χ2v) is 4.46. The van der Waals surface area contributed by atoms with Gasteiger partial charge in [0.1, 0.15) is 5.60 Å². The second-order valence-electron chi connectivity index (χ2n) is 4.46. The standard InChI is InChI=1S/C10H16N2O4/c1-6-5-7(13)12(8(6)14)11-9(15)16-10(2,3)4/h5,13-14H,1-4H3,(H,11,15). The highest BCUT2D eigenvalue weighted by Crippen LogP contribution is 2.24. The zero-order valence-electron chi connectivity index (χ0n) is 9.74. The number of carbonyl (C=O) groups is 1. The largest absolute Gasteiger partial charge is 0.493 e. The Morgan fingerprint density at radius 3 is 2.38 bits per heavy atom. The zero-order chi connectivity index (χ0) is 12.5. The molecule has 1 amide bonds. The van der Waals surface area contributed by atoms with E-state index in [0.29, 0.717) is 5.56 Å². The molecule has 1 heterocycles. The quantitative estimate of drug-likeness (QED) is 0.683. The molecule has 90 valence electrons. The Labute approximate surface area is 93.4 Å². The van der Waals surface area contributed by atoms with Gasteiger partial charge in [-0.05, 0) is 27.7 Å². The molecule has 0 bridgehead atoms. The lowest BCUT2D eigenvalue weighted by Gasteiger charge is -2.20. The van der Waals surface area contributed by atoms with E-state index in [1.807, 2.05) is 0 Å². The van der Waals surface area contributed by atoms with Crippen LogP contribution in [0.15, 0.2) is 6.07 Å². The lowest BCUT2D eigenvalue weighted by molar-refractivity contribution is 0.0607. The maximum absolute atomic E-state index is 11.4. The fraction of sp³-hybridized carbons (Fsp3) is 0.500. The van der Waals surface area contributed by atoms with Crippen molar-refractivity contribution in [1.82, 2.24) is 4.68 Å². The number of nitrogens with one attached hydrogen (secondary N) is 1. The van der Waals surface area contributed by atoms with Crippen LogP contribution in [0.4, 0.5) is 4.79 Å². The van der Waals surface area contributed by atoms with Gasteiger partial charge in [-0.1, -0.05) is 0 Å². The van der Waals surface area contributed by atoms with E-state index < -0.39 is 11.7 Å². The minimum atomic E-state index is -0.756. The van der Waals surface area contributed by atoms with E-state index in [1.54, 1.807) is 27.7 Å². The van der Waals surface area contributed by atoms with Crippen LogP contribution in [0.1, 0.15) is 26.3 Å². The van der Waals surface area contributed by atoms with Gasteiger partial charge in [0, 0.05) is 11.6 Å². The van der Waals surface area contributed by atoms with Crippen molar-refractivity contribution in [3.8, 4) is 11.8 Å². The number of amides is 1. The van der Waals surface area contributed by atoms with Crippen LogP contribution < -0.4 is 5.43 Å². The maximum atomic E-state index is 11.4. The van der Waals surface area contributed by atoms with Gasteiger partial charge in [-0.3, -0.25) is 0 Å². The Morgan fingerprint density at radius 2 is 2.00 bits per heavy atom. The smallest absolute Gasteiger partial charge is 0.427 e. The van der Waals surface area contributed by atoms with E-state index in [1.165, 1.54) is 6.07 Å². The first kappa shape index (κ1) is 12.2. The van der Waals surface area contributed by atoms with Gasteiger partial charge < -0.3 is 14.9 Å². The second kappa shape index (κ2) is 3.96. The zero-order valence-corrected chi connectivity index (χ0v) is 9.74. The van der Waals surface area contributed by atoms with Gasteiger partial charge in [-0.2, -0.15) is 4.68 Å². The molecule has 0 aliphatic heterocycles. The summed E-state index contributed by atoms with van der Waals surface area (Å²) >= 11 is 0. The molecule has 0 radical (unpaired) electrons. The van der Waals surface area contributed by atoms with Crippen molar-refractivity contribution in [2.45, 2.75) is 33.3 Å². The topological polar surface area (TPSA) is 83.7 Å². The highest BCUT2D eigenvalue weighted by Gasteiger charge is 2.19. The Kier molecular flexibility index (Phi) is 3.02. The van der Waals surface area contributed by atoms with Crippen LogP contribution in [0.2, 0.25) is 0 Å². The molecule has 0 saturated carbocycles. The minimum absolute atomic E-state index is 0.233. The fourth-order valence-corrected chi connectivity index (χ4v) is 1.11. The lowest BCUT2D eigenvalue weighted by Crippen LogP contribution is -2.31. The number of aromatic nitrogens is 1. The number of hydrogen-bond acceptors (Lipinski definition) is 4. The normalized spacial score (nSPS) is 11.2. The third kappa shape index (κ3) is 2.82. The number of rotatable bonds is 1. The van der Waals surface area contributed by atoms with E-state index in [9.17, 15) is 15.0 Å². The van der Waals surface area contributed by atoms with E-state index >= 15 is 0 Å². The molecule has 6 nitrogen and oxygen atoms in total. The van der Waals surface area contributed by atoms with E-state index in [0.717, 1.165) is 4.68 Å². The number of carbonyl (C=O) groups excluding carboxylic acids is 1. The Bertz CT molecular complexity index is 404. The fourth-order valence-electron chi connectivity index (χ4n) is 1.11. The van der Waals surface area contributed by atoms with Crippen LogP contribution in [0, 0.1) is 6.92 Å². The maximum Gasteiger partial charge on any atom is 0.427 e. The molecule has 1 aromatic heterocycles. The van der Waals surface area contributed by atoms with Crippen LogP contribution >= 0.6 is 0 Å². The van der Waals surface area contributed by atoms with Crippen molar-refractivity contribution in [3.05, 3.63) is 11.6 Å². The van der Waals surface area contributed by atoms with E-state index in [2.05, 4.69) is 5.43 Å². The van der Waals surface area contributed by atoms with Crippen molar-refractivity contribution in [2.75, 3.05) is 5.43 Å². The van der Waals surface area contributed by atoms with Crippen LogP contribution in [-0.4, -0.2) is 26.6 Å². The van der Waals surface area contributed by atoms with Crippen molar-refractivity contribution >= 4 is 6.09 Å². The predicted molar refractivity (Wildman–Crippen MR) is 58.1 cm³/mol. The monoisotopic (exact) mass is 228 g/mol. The van der Waals surface area contributed by atoms with Gasteiger partial charge >= 0.3 is 6.09 Å². The number of ether oxygens (including phenoxy) is 1. The number of hydrogen-bond donors (Lipinski definition) is 3. The molecule has 0 spiro atoms. The van der Waals surface area contributed by atoms with Crippen molar-refractivity contribution in [3.63, 3.8) is 0 Å². The summed E-state index contributed by atoms with van der Waals surface area (Å²) in [6, 6.07) is 1.33.